The maximum absolute atomic E-state index is 12.0. The molecule has 0 saturated carbocycles. The number of aromatic nitrogens is 3. The van der Waals surface area contributed by atoms with E-state index in [4.69, 9.17) is 10.5 Å². The lowest BCUT2D eigenvalue weighted by Gasteiger charge is -2.35. The standard InChI is InChI=1S/C14H25N5O2/c1-13(2,3)19-11(16-10-17-19)8-18-7-5-6-14(18,9-21-4)12(15)20/h10H,5-9H2,1-4H3,(H2,15,20). The Balaban J connectivity index is 2.26. The highest BCUT2D eigenvalue weighted by molar-refractivity contribution is 5.85. The third-order valence-corrected chi connectivity index (χ3v) is 4.05. The fourth-order valence-corrected chi connectivity index (χ4v) is 3.02. The normalized spacial score (nSPS) is 23.6. The van der Waals surface area contributed by atoms with E-state index < -0.39 is 5.54 Å². The lowest BCUT2D eigenvalue weighted by Crippen LogP contribution is -2.56. The number of amides is 1. The van der Waals surface area contributed by atoms with E-state index in [2.05, 4.69) is 35.8 Å². The predicted octanol–water partition coefficient (Wildman–Crippen LogP) is 0.499. The fraction of sp³-hybridized carbons (Fsp3) is 0.786. The second-order valence-corrected chi connectivity index (χ2v) is 6.61. The van der Waals surface area contributed by atoms with Gasteiger partial charge in [-0.15, -0.1) is 0 Å². The van der Waals surface area contributed by atoms with Crippen molar-refractivity contribution in [1.82, 2.24) is 19.7 Å². The number of ether oxygens (including phenoxy) is 1. The fourth-order valence-electron chi connectivity index (χ4n) is 3.02. The number of hydrogen-bond acceptors (Lipinski definition) is 5. The van der Waals surface area contributed by atoms with Crippen molar-refractivity contribution in [1.29, 1.82) is 0 Å². The Labute approximate surface area is 125 Å². The van der Waals surface area contributed by atoms with Gasteiger partial charge >= 0.3 is 0 Å². The van der Waals surface area contributed by atoms with Gasteiger partial charge in [-0.25, -0.2) is 9.67 Å². The lowest BCUT2D eigenvalue weighted by atomic mass is 9.96. The van der Waals surface area contributed by atoms with Gasteiger partial charge in [0.15, 0.2) is 0 Å². The van der Waals surface area contributed by atoms with Crippen molar-refractivity contribution < 1.29 is 9.53 Å². The lowest BCUT2D eigenvalue weighted by molar-refractivity contribution is -0.132. The van der Waals surface area contributed by atoms with Gasteiger partial charge in [0, 0.05) is 7.11 Å². The second kappa shape index (κ2) is 5.73. The van der Waals surface area contributed by atoms with Crippen LogP contribution >= 0.6 is 0 Å². The molecule has 0 spiro atoms. The Bertz CT molecular complexity index is 508. The number of primary amides is 1. The highest BCUT2D eigenvalue weighted by Crippen LogP contribution is 2.31. The van der Waals surface area contributed by atoms with Crippen LogP contribution in [-0.4, -0.2) is 51.4 Å². The molecule has 118 valence electrons. The molecule has 2 rings (SSSR count). The number of likely N-dealkylation sites (tertiary alicyclic amines) is 1. The highest BCUT2D eigenvalue weighted by atomic mass is 16.5. The first-order chi connectivity index (χ1) is 9.81. The van der Waals surface area contributed by atoms with E-state index in [1.807, 2.05) is 4.68 Å². The quantitative estimate of drug-likeness (QED) is 0.855. The second-order valence-electron chi connectivity index (χ2n) is 6.61. The molecule has 0 radical (unpaired) electrons. The van der Waals surface area contributed by atoms with Gasteiger partial charge in [-0.2, -0.15) is 5.10 Å². The largest absolute Gasteiger partial charge is 0.382 e. The van der Waals surface area contributed by atoms with Gasteiger partial charge in [0.05, 0.1) is 18.7 Å². The molecule has 0 aliphatic carbocycles. The maximum atomic E-state index is 12.0. The molecule has 0 bridgehead atoms. The number of carbonyl (C=O) groups excluding carboxylic acids is 1. The molecule has 1 amide bonds. The summed E-state index contributed by atoms with van der Waals surface area (Å²) in [6, 6.07) is 0. The first-order valence-corrected chi connectivity index (χ1v) is 7.24. The molecule has 1 aromatic heterocycles. The van der Waals surface area contributed by atoms with Crippen LogP contribution in [0.4, 0.5) is 0 Å². The van der Waals surface area contributed by atoms with Crippen LogP contribution in [0, 0.1) is 0 Å². The summed E-state index contributed by atoms with van der Waals surface area (Å²) >= 11 is 0. The minimum atomic E-state index is -0.733. The predicted molar refractivity (Wildman–Crippen MR) is 78.5 cm³/mol. The molecule has 1 fully saturated rings. The molecule has 1 aromatic rings. The third kappa shape index (κ3) is 2.94. The molecule has 0 aromatic carbocycles. The number of methoxy groups -OCH3 is 1. The zero-order valence-electron chi connectivity index (χ0n) is 13.3. The summed E-state index contributed by atoms with van der Waals surface area (Å²) in [6.07, 6.45) is 3.20. The Hall–Kier alpha value is -1.47. The van der Waals surface area contributed by atoms with Gasteiger partial charge in [-0.3, -0.25) is 9.69 Å². The van der Waals surface area contributed by atoms with Gasteiger partial charge in [-0.1, -0.05) is 0 Å². The monoisotopic (exact) mass is 295 g/mol. The van der Waals surface area contributed by atoms with E-state index in [0.717, 1.165) is 25.2 Å². The summed E-state index contributed by atoms with van der Waals surface area (Å²) < 4.78 is 7.14. The summed E-state index contributed by atoms with van der Waals surface area (Å²) in [7, 11) is 1.60. The first-order valence-electron chi connectivity index (χ1n) is 7.24. The van der Waals surface area contributed by atoms with E-state index >= 15 is 0 Å². The van der Waals surface area contributed by atoms with Crippen molar-refractivity contribution in [2.75, 3.05) is 20.3 Å². The van der Waals surface area contributed by atoms with Crippen molar-refractivity contribution in [3.8, 4) is 0 Å². The van der Waals surface area contributed by atoms with Crippen molar-refractivity contribution in [2.24, 2.45) is 5.73 Å². The molecular weight excluding hydrogens is 270 g/mol. The third-order valence-electron chi connectivity index (χ3n) is 4.05. The van der Waals surface area contributed by atoms with E-state index in [0.29, 0.717) is 13.2 Å². The number of nitrogens with zero attached hydrogens (tertiary/aromatic N) is 4. The first kappa shape index (κ1) is 15.9. The van der Waals surface area contributed by atoms with Crippen LogP contribution in [0.25, 0.3) is 0 Å². The smallest absolute Gasteiger partial charge is 0.240 e. The van der Waals surface area contributed by atoms with E-state index in [-0.39, 0.29) is 11.4 Å². The molecule has 1 aliphatic heterocycles. The van der Waals surface area contributed by atoms with Gasteiger partial charge in [-0.05, 0) is 40.2 Å². The summed E-state index contributed by atoms with van der Waals surface area (Å²) in [5.41, 5.74) is 4.78. The summed E-state index contributed by atoms with van der Waals surface area (Å²) in [4.78, 5) is 18.4. The van der Waals surface area contributed by atoms with Crippen LogP contribution in [0.5, 0.6) is 0 Å². The van der Waals surface area contributed by atoms with Gasteiger partial charge < -0.3 is 10.5 Å². The Kier molecular flexibility index (Phi) is 4.34. The van der Waals surface area contributed by atoms with E-state index in [9.17, 15) is 4.79 Å². The van der Waals surface area contributed by atoms with Gasteiger partial charge in [0.2, 0.25) is 5.91 Å². The van der Waals surface area contributed by atoms with E-state index in [1.54, 1.807) is 13.4 Å². The van der Waals surface area contributed by atoms with Crippen LogP contribution < -0.4 is 5.73 Å². The van der Waals surface area contributed by atoms with Crippen LogP contribution in [0.3, 0.4) is 0 Å². The van der Waals surface area contributed by atoms with Crippen LogP contribution in [0.15, 0.2) is 6.33 Å². The molecule has 2 heterocycles. The van der Waals surface area contributed by atoms with Gasteiger partial charge in [0.1, 0.15) is 17.7 Å². The van der Waals surface area contributed by atoms with Crippen molar-refractivity contribution in [2.45, 2.75) is 51.2 Å². The molecule has 1 atom stereocenters. The van der Waals surface area contributed by atoms with Crippen LogP contribution in [0.1, 0.15) is 39.4 Å². The number of rotatable bonds is 5. The highest BCUT2D eigenvalue weighted by Gasteiger charge is 2.46. The van der Waals surface area contributed by atoms with Crippen LogP contribution in [0.2, 0.25) is 0 Å². The molecular formula is C14H25N5O2. The summed E-state index contributed by atoms with van der Waals surface area (Å²) in [6.45, 7) is 7.89. The molecule has 1 aliphatic rings. The zero-order chi connectivity index (χ0) is 15.7. The number of nitrogens with two attached hydrogens (primary N) is 1. The maximum Gasteiger partial charge on any atom is 0.240 e. The van der Waals surface area contributed by atoms with E-state index in [1.165, 1.54) is 0 Å². The average molecular weight is 295 g/mol. The Morgan fingerprint density at radius 3 is 2.81 bits per heavy atom. The average Bonchev–Trinajstić information content (AvgIpc) is 2.98. The van der Waals surface area contributed by atoms with Crippen LogP contribution in [-0.2, 0) is 21.6 Å². The number of carbonyl (C=O) groups is 1. The topological polar surface area (TPSA) is 86.3 Å². The molecule has 21 heavy (non-hydrogen) atoms. The van der Waals surface area contributed by atoms with Crippen molar-refractivity contribution in [3.63, 3.8) is 0 Å². The van der Waals surface area contributed by atoms with Crippen molar-refractivity contribution >= 4 is 5.91 Å². The molecule has 2 N–H and O–H groups in total. The Morgan fingerprint density at radius 2 is 2.24 bits per heavy atom. The SMILES string of the molecule is COCC1(C(N)=O)CCCN1Cc1ncnn1C(C)(C)C. The minimum absolute atomic E-state index is 0.151. The summed E-state index contributed by atoms with van der Waals surface area (Å²) in [5, 5.41) is 4.30. The molecule has 1 saturated heterocycles. The minimum Gasteiger partial charge on any atom is -0.382 e. The molecule has 7 nitrogen and oxygen atoms in total. The van der Waals surface area contributed by atoms with Gasteiger partial charge in [0.25, 0.3) is 0 Å². The molecule has 1 unspecified atom stereocenters. The van der Waals surface area contributed by atoms with Crippen molar-refractivity contribution in [3.05, 3.63) is 12.2 Å². The number of hydrogen-bond donors (Lipinski definition) is 1. The summed E-state index contributed by atoms with van der Waals surface area (Å²) in [5.74, 6) is 0.509. The zero-order valence-corrected chi connectivity index (χ0v) is 13.3. The molecule has 7 heteroatoms. The Morgan fingerprint density at radius 1 is 1.52 bits per heavy atom.